The summed E-state index contributed by atoms with van der Waals surface area (Å²) in [5.41, 5.74) is 10.7. The number of carbonyl (C=O) groups is 1. The number of carbonyl (C=O) groups excluding carboxylic acids is 1. The molecule has 0 aliphatic carbocycles. The third-order valence-electron chi connectivity index (χ3n) is 4.33. The van der Waals surface area contributed by atoms with Gasteiger partial charge in [0.25, 0.3) is 0 Å². The Labute approximate surface area is 155 Å². The van der Waals surface area contributed by atoms with E-state index in [-0.39, 0.29) is 5.56 Å². The number of rotatable bonds is 2. The molecule has 0 aliphatic heterocycles. The molecule has 4 rings (SSSR count). The van der Waals surface area contributed by atoms with Crippen molar-refractivity contribution in [3.8, 4) is 11.3 Å². The molecule has 4 aromatic rings. The molecule has 0 N–H and O–H groups in total. The number of nitrogens with zero attached hydrogens (tertiary/aromatic N) is 5. The van der Waals surface area contributed by atoms with Crippen LogP contribution in [0.2, 0.25) is 0 Å². The van der Waals surface area contributed by atoms with Gasteiger partial charge in [-0.15, -0.1) is 0 Å². The molecule has 28 heavy (non-hydrogen) atoms. The van der Waals surface area contributed by atoms with Crippen LogP contribution in [0.3, 0.4) is 0 Å². The Bertz CT molecular complexity index is 1270. The van der Waals surface area contributed by atoms with Crippen molar-refractivity contribution in [2.24, 2.45) is 5.11 Å². The van der Waals surface area contributed by atoms with Crippen molar-refractivity contribution in [1.29, 1.82) is 0 Å². The number of aromatic nitrogens is 2. The Morgan fingerprint density at radius 2 is 1.82 bits per heavy atom. The first kappa shape index (κ1) is 17.6. The number of azide groups is 1. The van der Waals surface area contributed by atoms with Gasteiger partial charge in [0.1, 0.15) is 0 Å². The van der Waals surface area contributed by atoms with Crippen molar-refractivity contribution in [2.75, 3.05) is 0 Å². The van der Waals surface area contributed by atoms with Crippen molar-refractivity contribution in [3.63, 3.8) is 0 Å². The summed E-state index contributed by atoms with van der Waals surface area (Å²) in [5.74, 6) is -0.741. The Hall–Kier alpha value is -3.84. The number of hydrogen-bond acceptors (Lipinski definition) is 2. The molecular weight excluding hydrogens is 371 g/mol. The number of hydrogen-bond donors (Lipinski definition) is 0. The fraction of sp³-hybridized carbons (Fsp3) is 0.0526. The molecule has 0 saturated carbocycles. The van der Waals surface area contributed by atoms with E-state index in [1.165, 1.54) is 24.3 Å². The van der Waals surface area contributed by atoms with Gasteiger partial charge in [-0.05, 0) is 53.1 Å². The Morgan fingerprint density at radius 1 is 1.07 bits per heavy atom. The summed E-state index contributed by atoms with van der Waals surface area (Å²) in [4.78, 5) is 18.9. The van der Waals surface area contributed by atoms with Crippen LogP contribution in [-0.4, -0.2) is 15.3 Å². The minimum absolute atomic E-state index is 0.169. The molecule has 0 atom stereocenters. The monoisotopic (exact) mass is 381 g/mol. The van der Waals surface area contributed by atoms with E-state index in [4.69, 9.17) is 5.53 Å². The molecule has 1 amide bonds. The summed E-state index contributed by atoms with van der Waals surface area (Å²) in [6, 6.07) is 13.0. The third-order valence-corrected chi connectivity index (χ3v) is 4.33. The van der Waals surface area contributed by atoms with E-state index in [0.29, 0.717) is 27.8 Å². The van der Waals surface area contributed by atoms with Crippen molar-refractivity contribution in [2.45, 2.75) is 6.18 Å². The first-order chi connectivity index (χ1) is 13.4. The summed E-state index contributed by atoms with van der Waals surface area (Å²) >= 11 is 0. The highest BCUT2D eigenvalue weighted by atomic mass is 19.4. The molecule has 0 saturated heterocycles. The van der Waals surface area contributed by atoms with E-state index in [9.17, 15) is 18.0 Å². The number of alkyl halides is 3. The molecule has 2 aromatic heterocycles. The molecule has 138 valence electrons. The van der Waals surface area contributed by atoms with E-state index in [1.807, 2.05) is 4.40 Å². The predicted octanol–water partition coefficient (Wildman–Crippen LogP) is 5.62. The van der Waals surface area contributed by atoms with Crippen LogP contribution in [0.1, 0.15) is 15.9 Å². The first-order valence-electron chi connectivity index (χ1n) is 8.06. The fourth-order valence-electron chi connectivity index (χ4n) is 3.04. The Morgan fingerprint density at radius 3 is 2.50 bits per heavy atom. The molecular formula is C19H10F3N5O. The maximum absolute atomic E-state index is 12.8. The standard InChI is InChI=1S/C19H10F3N5O/c20-19(21,22)13-6-3-11(4-7-13)17-16-2-1-9-27(16)15-8-5-12(10-14(15)24-17)18(28)25-26-23/h1-10H. The number of fused-ring (bicyclic) bond motifs is 3. The zero-order chi connectivity index (χ0) is 19.9. The number of halogens is 3. The Balaban J connectivity index is 1.93. The minimum Gasteiger partial charge on any atom is -0.313 e. The average Bonchev–Trinajstić information content (AvgIpc) is 3.16. The highest BCUT2D eigenvalue weighted by molar-refractivity contribution is 5.99. The van der Waals surface area contributed by atoms with Gasteiger partial charge in [0, 0.05) is 22.2 Å². The zero-order valence-corrected chi connectivity index (χ0v) is 14.1. The molecule has 2 aromatic carbocycles. The van der Waals surface area contributed by atoms with Crippen molar-refractivity contribution >= 4 is 22.5 Å². The van der Waals surface area contributed by atoms with E-state index in [1.54, 1.807) is 24.4 Å². The summed E-state index contributed by atoms with van der Waals surface area (Å²) in [6.07, 6.45) is -2.63. The topological polar surface area (TPSA) is 83.1 Å². The summed E-state index contributed by atoms with van der Waals surface area (Å²) < 4.78 is 40.3. The van der Waals surface area contributed by atoms with E-state index >= 15 is 0 Å². The molecule has 0 aliphatic rings. The van der Waals surface area contributed by atoms with Gasteiger partial charge in [-0.3, -0.25) is 4.79 Å². The van der Waals surface area contributed by atoms with Crippen LogP contribution in [-0.2, 0) is 6.18 Å². The van der Waals surface area contributed by atoms with Crippen LogP contribution < -0.4 is 0 Å². The van der Waals surface area contributed by atoms with Gasteiger partial charge in [0.15, 0.2) is 0 Å². The van der Waals surface area contributed by atoms with Crippen LogP contribution in [0, 0.1) is 0 Å². The van der Waals surface area contributed by atoms with Gasteiger partial charge in [0.2, 0.25) is 5.91 Å². The lowest BCUT2D eigenvalue weighted by atomic mass is 10.1. The summed E-state index contributed by atoms with van der Waals surface area (Å²) in [6.45, 7) is 0. The quantitative estimate of drug-likeness (QED) is 0.256. The minimum atomic E-state index is -4.42. The summed E-state index contributed by atoms with van der Waals surface area (Å²) in [5, 5.41) is 3.07. The van der Waals surface area contributed by atoms with E-state index < -0.39 is 17.6 Å². The molecule has 2 heterocycles. The average molecular weight is 381 g/mol. The van der Waals surface area contributed by atoms with Gasteiger partial charge < -0.3 is 4.40 Å². The SMILES string of the molecule is [N-]=[N+]=NC(=O)c1ccc2c(c1)nc(-c1ccc(C(F)(F)F)cc1)c1cccn12. The number of benzene rings is 2. The summed E-state index contributed by atoms with van der Waals surface area (Å²) in [7, 11) is 0. The van der Waals surface area contributed by atoms with E-state index in [2.05, 4.69) is 15.0 Å². The van der Waals surface area contributed by atoms with Crippen LogP contribution in [0.25, 0.3) is 38.3 Å². The van der Waals surface area contributed by atoms with Gasteiger partial charge in [0.05, 0.1) is 27.8 Å². The van der Waals surface area contributed by atoms with Gasteiger partial charge in [-0.25, -0.2) is 4.98 Å². The normalized spacial score (nSPS) is 11.5. The second-order valence-corrected chi connectivity index (χ2v) is 6.00. The Kier molecular flexibility index (Phi) is 4.01. The van der Waals surface area contributed by atoms with Crippen LogP contribution >= 0.6 is 0 Å². The van der Waals surface area contributed by atoms with Crippen LogP contribution in [0.15, 0.2) is 65.9 Å². The fourth-order valence-corrected chi connectivity index (χ4v) is 3.04. The van der Waals surface area contributed by atoms with Gasteiger partial charge in [-0.2, -0.15) is 13.2 Å². The highest BCUT2D eigenvalue weighted by Gasteiger charge is 2.30. The maximum atomic E-state index is 12.8. The van der Waals surface area contributed by atoms with Gasteiger partial charge in [-0.1, -0.05) is 12.1 Å². The van der Waals surface area contributed by atoms with Crippen LogP contribution in [0.4, 0.5) is 13.2 Å². The molecule has 0 unspecified atom stereocenters. The third kappa shape index (κ3) is 2.93. The van der Waals surface area contributed by atoms with Crippen molar-refractivity contribution in [1.82, 2.24) is 9.38 Å². The molecule has 0 fully saturated rings. The lowest BCUT2D eigenvalue weighted by molar-refractivity contribution is -0.137. The predicted molar refractivity (Wildman–Crippen MR) is 96.6 cm³/mol. The second-order valence-electron chi connectivity index (χ2n) is 6.00. The lowest BCUT2D eigenvalue weighted by Gasteiger charge is -2.11. The molecule has 0 spiro atoms. The highest BCUT2D eigenvalue weighted by Crippen LogP contribution is 2.32. The number of amides is 1. The van der Waals surface area contributed by atoms with Crippen LogP contribution in [0.5, 0.6) is 0 Å². The molecule has 6 nitrogen and oxygen atoms in total. The van der Waals surface area contributed by atoms with Crippen molar-refractivity contribution < 1.29 is 18.0 Å². The first-order valence-corrected chi connectivity index (χ1v) is 8.06. The smallest absolute Gasteiger partial charge is 0.313 e. The molecule has 0 bridgehead atoms. The second kappa shape index (κ2) is 6.40. The molecule has 9 heteroatoms. The molecule has 0 radical (unpaired) electrons. The van der Waals surface area contributed by atoms with E-state index in [0.717, 1.165) is 12.1 Å². The van der Waals surface area contributed by atoms with Crippen molar-refractivity contribution in [3.05, 3.63) is 82.4 Å². The zero-order valence-electron chi connectivity index (χ0n) is 14.1. The maximum Gasteiger partial charge on any atom is 0.416 e. The van der Waals surface area contributed by atoms with Gasteiger partial charge >= 0.3 is 6.18 Å². The largest absolute Gasteiger partial charge is 0.416 e. The lowest BCUT2D eigenvalue weighted by Crippen LogP contribution is -2.04.